The van der Waals surface area contributed by atoms with Crippen molar-refractivity contribution in [3.05, 3.63) is 65.2 Å². The molecule has 1 aliphatic heterocycles. The molecule has 0 spiro atoms. The van der Waals surface area contributed by atoms with Gasteiger partial charge in [0.25, 0.3) is 0 Å². The van der Waals surface area contributed by atoms with Gasteiger partial charge >= 0.3 is 5.97 Å². The van der Waals surface area contributed by atoms with Gasteiger partial charge in [-0.15, -0.1) is 0 Å². The number of rotatable bonds is 2. The molecule has 0 saturated heterocycles. The minimum atomic E-state index is -0.291. The van der Waals surface area contributed by atoms with Crippen LogP contribution >= 0.6 is 0 Å². The molecule has 0 fully saturated rings. The fourth-order valence-electron chi connectivity index (χ4n) is 2.85. The molecule has 20 heavy (non-hydrogen) atoms. The van der Waals surface area contributed by atoms with Gasteiger partial charge in [-0.25, -0.2) is 4.79 Å². The molecule has 3 rings (SSSR count). The number of para-hydroxylation sites is 1. The van der Waals surface area contributed by atoms with E-state index in [0.717, 1.165) is 6.54 Å². The highest BCUT2D eigenvalue weighted by atomic mass is 16.5. The van der Waals surface area contributed by atoms with Crippen LogP contribution in [0.2, 0.25) is 0 Å². The molecule has 0 N–H and O–H groups in total. The van der Waals surface area contributed by atoms with E-state index in [-0.39, 0.29) is 5.97 Å². The Bertz CT molecular complexity index is 634. The lowest BCUT2D eigenvalue weighted by Crippen LogP contribution is -2.15. The van der Waals surface area contributed by atoms with Crippen molar-refractivity contribution in [2.45, 2.75) is 5.92 Å². The van der Waals surface area contributed by atoms with Crippen molar-refractivity contribution in [3.8, 4) is 0 Å². The third kappa shape index (κ3) is 2.05. The minimum Gasteiger partial charge on any atom is -0.465 e. The fraction of sp³-hybridized carbons (Fsp3) is 0.235. The summed E-state index contributed by atoms with van der Waals surface area (Å²) in [7, 11) is 3.51. The lowest BCUT2D eigenvalue weighted by molar-refractivity contribution is 0.0600. The predicted octanol–water partition coefficient (Wildman–Crippen LogP) is 3.05. The molecule has 1 heterocycles. The molecule has 1 aliphatic rings. The summed E-state index contributed by atoms with van der Waals surface area (Å²) in [6.07, 6.45) is 0. The average Bonchev–Trinajstić information content (AvgIpc) is 2.84. The van der Waals surface area contributed by atoms with Crippen LogP contribution in [0.4, 0.5) is 5.69 Å². The van der Waals surface area contributed by atoms with Crippen LogP contribution in [0, 0.1) is 0 Å². The Morgan fingerprint density at radius 2 is 1.85 bits per heavy atom. The summed E-state index contributed by atoms with van der Waals surface area (Å²) in [5.41, 5.74) is 4.46. The van der Waals surface area contributed by atoms with E-state index in [1.165, 1.54) is 23.9 Å². The molecule has 3 nitrogen and oxygen atoms in total. The molecular formula is C17H17NO2. The SMILES string of the molecule is COC(=O)c1ccc(C2CN(C)c3ccccc32)cc1. The summed E-state index contributed by atoms with van der Waals surface area (Å²) in [5.74, 6) is 0.0726. The van der Waals surface area contributed by atoms with Gasteiger partial charge in [-0.05, 0) is 29.3 Å². The van der Waals surface area contributed by atoms with E-state index in [0.29, 0.717) is 11.5 Å². The third-order valence-corrected chi connectivity index (χ3v) is 3.91. The maximum absolute atomic E-state index is 11.5. The smallest absolute Gasteiger partial charge is 0.337 e. The van der Waals surface area contributed by atoms with Crippen molar-refractivity contribution < 1.29 is 9.53 Å². The number of nitrogens with zero attached hydrogens (tertiary/aromatic N) is 1. The highest BCUT2D eigenvalue weighted by Gasteiger charge is 2.27. The van der Waals surface area contributed by atoms with Crippen molar-refractivity contribution in [2.75, 3.05) is 25.6 Å². The first-order valence-electron chi connectivity index (χ1n) is 6.69. The summed E-state index contributed by atoms with van der Waals surface area (Å²) in [6.45, 7) is 0.969. The lowest BCUT2D eigenvalue weighted by Gasteiger charge is -2.13. The zero-order chi connectivity index (χ0) is 14.1. The summed E-state index contributed by atoms with van der Waals surface area (Å²) in [5, 5.41) is 0. The first kappa shape index (κ1) is 12.7. The van der Waals surface area contributed by atoms with Gasteiger partial charge in [-0.3, -0.25) is 0 Å². The number of carbonyl (C=O) groups is 1. The second-order valence-corrected chi connectivity index (χ2v) is 5.11. The van der Waals surface area contributed by atoms with Crippen LogP contribution in [0.5, 0.6) is 0 Å². The monoisotopic (exact) mass is 267 g/mol. The Labute approximate surface area is 118 Å². The number of carbonyl (C=O) groups excluding carboxylic acids is 1. The van der Waals surface area contributed by atoms with Crippen LogP contribution < -0.4 is 4.90 Å². The van der Waals surface area contributed by atoms with Crippen molar-refractivity contribution >= 4 is 11.7 Å². The number of hydrogen-bond donors (Lipinski definition) is 0. The Morgan fingerprint density at radius 1 is 1.15 bits per heavy atom. The van der Waals surface area contributed by atoms with Gasteiger partial charge in [0.1, 0.15) is 0 Å². The number of methoxy groups -OCH3 is 1. The number of hydrogen-bond acceptors (Lipinski definition) is 3. The number of anilines is 1. The summed E-state index contributed by atoms with van der Waals surface area (Å²) in [6, 6.07) is 16.2. The highest BCUT2D eigenvalue weighted by molar-refractivity contribution is 5.89. The van der Waals surface area contributed by atoms with Gasteiger partial charge in [-0.2, -0.15) is 0 Å². The summed E-state index contributed by atoms with van der Waals surface area (Å²) >= 11 is 0. The maximum atomic E-state index is 11.5. The van der Waals surface area contributed by atoms with Gasteiger partial charge in [0.05, 0.1) is 12.7 Å². The molecule has 1 atom stereocenters. The molecular weight excluding hydrogens is 250 g/mol. The molecule has 0 radical (unpaired) electrons. The second kappa shape index (κ2) is 5.00. The average molecular weight is 267 g/mol. The van der Waals surface area contributed by atoms with Crippen LogP contribution in [0.1, 0.15) is 27.4 Å². The van der Waals surface area contributed by atoms with E-state index >= 15 is 0 Å². The fourth-order valence-corrected chi connectivity index (χ4v) is 2.85. The van der Waals surface area contributed by atoms with Crippen LogP contribution in [0.3, 0.4) is 0 Å². The van der Waals surface area contributed by atoms with Crippen LogP contribution in [0.15, 0.2) is 48.5 Å². The quantitative estimate of drug-likeness (QED) is 0.783. The van der Waals surface area contributed by atoms with E-state index in [1.807, 2.05) is 24.3 Å². The topological polar surface area (TPSA) is 29.5 Å². The van der Waals surface area contributed by atoms with E-state index in [1.54, 1.807) is 0 Å². The van der Waals surface area contributed by atoms with E-state index in [9.17, 15) is 4.79 Å². The molecule has 1 unspecified atom stereocenters. The maximum Gasteiger partial charge on any atom is 0.337 e. The molecule has 0 aromatic heterocycles. The van der Waals surface area contributed by atoms with Crippen molar-refractivity contribution in [1.82, 2.24) is 0 Å². The van der Waals surface area contributed by atoms with E-state index in [4.69, 9.17) is 4.74 Å². The summed E-state index contributed by atoms with van der Waals surface area (Å²) < 4.78 is 4.73. The number of likely N-dealkylation sites (N-methyl/N-ethyl adjacent to an activating group) is 1. The van der Waals surface area contributed by atoms with Crippen LogP contribution in [-0.4, -0.2) is 26.7 Å². The molecule has 2 aromatic carbocycles. The third-order valence-electron chi connectivity index (χ3n) is 3.91. The van der Waals surface area contributed by atoms with Gasteiger partial charge in [0, 0.05) is 25.2 Å². The molecule has 0 amide bonds. The van der Waals surface area contributed by atoms with Crippen LogP contribution in [-0.2, 0) is 4.74 Å². The Morgan fingerprint density at radius 3 is 2.55 bits per heavy atom. The van der Waals surface area contributed by atoms with Crippen molar-refractivity contribution in [3.63, 3.8) is 0 Å². The largest absolute Gasteiger partial charge is 0.465 e. The lowest BCUT2D eigenvalue weighted by atomic mass is 9.92. The number of ether oxygens (including phenoxy) is 1. The molecule has 2 aromatic rings. The molecule has 0 saturated carbocycles. The molecule has 0 bridgehead atoms. The number of benzene rings is 2. The second-order valence-electron chi connectivity index (χ2n) is 5.11. The number of fused-ring (bicyclic) bond motifs is 1. The van der Waals surface area contributed by atoms with E-state index < -0.39 is 0 Å². The Balaban J connectivity index is 1.93. The number of esters is 1. The van der Waals surface area contributed by atoms with Crippen molar-refractivity contribution in [1.29, 1.82) is 0 Å². The van der Waals surface area contributed by atoms with E-state index in [2.05, 4.69) is 36.2 Å². The predicted molar refractivity (Wildman–Crippen MR) is 79.3 cm³/mol. The van der Waals surface area contributed by atoms with Crippen LogP contribution in [0.25, 0.3) is 0 Å². The highest BCUT2D eigenvalue weighted by Crippen LogP contribution is 2.38. The van der Waals surface area contributed by atoms with Gasteiger partial charge in [0.15, 0.2) is 0 Å². The van der Waals surface area contributed by atoms with Gasteiger partial charge < -0.3 is 9.64 Å². The zero-order valence-corrected chi connectivity index (χ0v) is 11.7. The Kier molecular flexibility index (Phi) is 3.18. The Hall–Kier alpha value is -2.29. The first-order chi connectivity index (χ1) is 9.70. The normalized spacial score (nSPS) is 16.9. The molecule has 0 aliphatic carbocycles. The zero-order valence-electron chi connectivity index (χ0n) is 11.7. The standard InChI is InChI=1S/C17H17NO2/c1-18-11-15(14-5-3-4-6-16(14)18)12-7-9-13(10-8-12)17(19)20-2/h3-10,15H,11H2,1-2H3. The molecule has 3 heteroatoms. The van der Waals surface area contributed by atoms with Gasteiger partial charge in [0.2, 0.25) is 0 Å². The first-order valence-corrected chi connectivity index (χ1v) is 6.69. The summed E-state index contributed by atoms with van der Waals surface area (Å²) in [4.78, 5) is 13.7. The minimum absolute atomic E-state index is 0.291. The van der Waals surface area contributed by atoms with Gasteiger partial charge in [-0.1, -0.05) is 30.3 Å². The van der Waals surface area contributed by atoms with Crippen molar-refractivity contribution in [2.24, 2.45) is 0 Å². The molecule has 102 valence electrons.